The SMILES string of the molecule is O=C(NCCCNc1cccnc1)c1onc2ncccc12. The van der Waals surface area contributed by atoms with Gasteiger partial charge < -0.3 is 15.2 Å². The van der Waals surface area contributed by atoms with Crippen LogP contribution < -0.4 is 10.6 Å². The molecule has 3 aromatic heterocycles. The molecule has 3 rings (SSSR count). The van der Waals surface area contributed by atoms with Crippen LogP contribution in [-0.4, -0.2) is 34.1 Å². The van der Waals surface area contributed by atoms with E-state index < -0.39 is 0 Å². The lowest BCUT2D eigenvalue weighted by Gasteiger charge is -2.06. The van der Waals surface area contributed by atoms with Gasteiger partial charge in [-0.1, -0.05) is 5.16 Å². The summed E-state index contributed by atoms with van der Waals surface area (Å²) in [6.07, 6.45) is 5.87. The largest absolute Gasteiger partial charge is 0.384 e. The summed E-state index contributed by atoms with van der Waals surface area (Å²) in [5.74, 6) is -0.0832. The summed E-state index contributed by atoms with van der Waals surface area (Å²) in [6, 6.07) is 7.32. The van der Waals surface area contributed by atoms with Crippen LogP contribution >= 0.6 is 0 Å². The van der Waals surface area contributed by atoms with E-state index in [1.807, 2.05) is 12.1 Å². The first-order valence-electron chi connectivity index (χ1n) is 6.97. The summed E-state index contributed by atoms with van der Waals surface area (Å²) in [5.41, 5.74) is 1.40. The minimum absolute atomic E-state index is 0.198. The topological polar surface area (TPSA) is 92.9 Å². The van der Waals surface area contributed by atoms with Crippen molar-refractivity contribution < 1.29 is 9.32 Å². The number of fused-ring (bicyclic) bond motifs is 1. The molecule has 3 heterocycles. The Balaban J connectivity index is 1.47. The molecular weight excluding hydrogens is 282 g/mol. The number of amides is 1. The molecule has 0 radical (unpaired) electrons. The van der Waals surface area contributed by atoms with E-state index in [1.165, 1.54) is 0 Å². The molecule has 0 aromatic carbocycles. The van der Waals surface area contributed by atoms with Gasteiger partial charge in [0.15, 0.2) is 0 Å². The lowest BCUT2D eigenvalue weighted by atomic mass is 10.2. The molecule has 1 amide bonds. The Morgan fingerprint density at radius 1 is 1.18 bits per heavy atom. The number of anilines is 1. The molecule has 0 unspecified atom stereocenters. The number of aromatic nitrogens is 3. The number of pyridine rings is 2. The molecule has 0 aliphatic rings. The maximum Gasteiger partial charge on any atom is 0.290 e. The van der Waals surface area contributed by atoms with Gasteiger partial charge in [-0.2, -0.15) is 0 Å². The predicted octanol–water partition coefficient (Wildman–Crippen LogP) is 1.85. The maximum atomic E-state index is 12.0. The van der Waals surface area contributed by atoms with E-state index in [-0.39, 0.29) is 11.7 Å². The van der Waals surface area contributed by atoms with Crippen molar-refractivity contribution in [2.75, 3.05) is 18.4 Å². The third-order valence-corrected chi connectivity index (χ3v) is 3.09. The van der Waals surface area contributed by atoms with E-state index in [2.05, 4.69) is 25.8 Å². The fourth-order valence-corrected chi connectivity index (χ4v) is 2.02. The molecule has 3 aromatic rings. The van der Waals surface area contributed by atoms with Gasteiger partial charge in [0.05, 0.1) is 11.1 Å². The first kappa shape index (κ1) is 14.0. The highest BCUT2D eigenvalue weighted by molar-refractivity contribution is 6.02. The molecule has 0 atom stereocenters. The molecule has 0 bridgehead atoms. The van der Waals surface area contributed by atoms with Gasteiger partial charge in [-0.05, 0) is 30.7 Å². The fraction of sp³-hybridized carbons (Fsp3) is 0.200. The molecule has 0 saturated carbocycles. The van der Waals surface area contributed by atoms with Crippen molar-refractivity contribution in [2.45, 2.75) is 6.42 Å². The van der Waals surface area contributed by atoms with Crippen molar-refractivity contribution in [2.24, 2.45) is 0 Å². The van der Waals surface area contributed by atoms with Crippen molar-refractivity contribution >= 4 is 22.6 Å². The normalized spacial score (nSPS) is 10.5. The van der Waals surface area contributed by atoms with Crippen LogP contribution in [-0.2, 0) is 0 Å². The van der Waals surface area contributed by atoms with E-state index in [9.17, 15) is 4.79 Å². The summed E-state index contributed by atoms with van der Waals surface area (Å²) in [6.45, 7) is 1.28. The molecule has 2 N–H and O–H groups in total. The van der Waals surface area contributed by atoms with Crippen molar-refractivity contribution in [1.82, 2.24) is 20.4 Å². The lowest BCUT2D eigenvalue weighted by molar-refractivity contribution is 0.0919. The molecule has 0 aliphatic heterocycles. The zero-order chi connectivity index (χ0) is 15.2. The molecule has 0 spiro atoms. The van der Waals surface area contributed by atoms with Gasteiger partial charge in [0, 0.05) is 31.7 Å². The molecular formula is C15H15N5O2. The minimum Gasteiger partial charge on any atom is -0.384 e. The monoisotopic (exact) mass is 297 g/mol. The minimum atomic E-state index is -0.281. The molecule has 7 nitrogen and oxygen atoms in total. The molecule has 112 valence electrons. The average Bonchev–Trinajstić information content (AvgIpc) is 2.99. The third-order valence-electron chi connectivity index (χ3n) is 3.09. The highest BCUT2D eigenvalue weighted by Gasteiger charge is 2.16. The Hall–Kier alpha value is -2.96. The third kappa shape index (κ3) is 3.20. The number of carbonyl (C=O) groups is 1. The standard InChI is InChI=1S/C15H15N5O2/c21-15(13-12-5-2-7-18-14(12)20-22-13)19-9-3-8-17-11-4-1-6-16-10-11/h1-2,4-7,10,17H,3,8-9H2,(H,19,21). The second-order valence-electron chi connectivity index (χ2n) is 4.66. The second kappa shape index (κ2) is 6.66. The van der Waals surface area contributed by atoms with Gasteiger partial charge in [-0.15, -0.1) is 0 Å². The number of rotatable bonds is 6. The predicted molar refractivity (Wildman–Crippen MR) is 81.5 cm³/mol. The van der Waals surface area contributed by atoms with Gasteiger partial charge in [0.2, 0.25) is 11.4 Å². The fourth-order valence-electron chi connectivity index (χ4n) is 2.02. The van der Waals surface area contributed by atoms with Crippen LogP contribution in [0.3, 0.4) is 0 Å². The highest BCUT2D eigenvalue weighted by Crippen LogP contribution is 2.15. The van der Waals surface area contributed by atoms with Crippen molar-refractivity contribution in [3.63, 3.8) is 0 Å². The van der Waals surface area contributed by atoms with Crippen molar-refractivity contribution in [3.8, 4) is 0 Å². The van der Waals surface area contributed by atoms with Crippen LogP contribution in [0.1, 0.15) is 17.0 Å². The molecule has 0 aliphatic carbocycles. The van der Waals surface area contributed by atoms with Gasteiger partial charge in [-0.3, -0.25) is 9.78 Å². The van der Waals surface area contributed by atoms with E-state index in [0.29, 0.717) is 17.6 Å². The summed E-state index contributed by atoms with van der Waals surface area (Å²) >= 11 is 0. The lowest BCUT2D eigenvalue weighted by Crippen LogP contribution is -2.25. The highest BCUT2D eigenvalue weighted by atomic mass is 16.5. The van der Waals surface area contributed by atoms with Crippen LogP contribution in [0.2, 0.25) is 0 Å². The van der Waals surface area contributed by atoms with Crippen LogP contribution in [0.25, 0.3) is 11.0 Å². The smallest absolute Gasteiger partial charge is 0.290 e. The number of hydrogen-bond donors (Lipinski definition) is 2. The Morgan fingerprint density at radius 3 is 2.95 bits per heavy atom. The van der Waals surface area contributed by atoms with Gasteiger partial charge in [0.1, 0.15) is 0 Å². The van der Waals surface area contributed by atoms with Crippen LogP contribution in [0.15, 0.2) is 47.4 Å². The molecule has 22 heavy (non-hydrogen) atoms. The van der Waals surface area contributed by atoms with Crippen LogP contribution in [0, 0.1) is 0 Å². The first-order chi connectivity index (χ1) is 10.8. The zero-order valence-corrected chi connectivity index (χ0v) is 11.8. The van der Waals surface area contributed by atoms with Crippen molar-refractivity contribution in [1.29, 1.82) is 0 Å². The Bertz CT molecular complexity index is 757. The summed E-state index contributed by atoms with van der Waals surface area (Å²) in [4.78, 5) is 20.1. The van der Waals surface area contributed by atoms with E-state index in [0.717, 1.165) is 18.7 Å². The summed E-state index contributed by atoms with van der Waals surface area (Å²) < 4.78 is 5.05. The Labute approximate surface area is 126 Å². The Kier molecular flexibility index (Phi) is 4.24. The average molecular weight is 297 g/mol. The van der Waals surface area contributed by atoms with Gasteiger partial charge in [0.25, 0.3) is 5.91 Å². The number of carbonyl (C=O) groups excluding carboxylic acids is 1. The number of nitrogens with zero attached hydrogens (tertiary/aromatic N) is 3. The molecule has 0 saturated heterocycles. The maximum absolute atomic E-state index is 12.0. The number of hydrogen-bond acceptors (Lipinski definition) is 6. The summed E-state index contributed by atoms with van der Waals surface area (Å²) in [5, 5.41) is 10.4. The van der Waals surface area contributed by atoms with E-state index in [4.69, 9.17) is 4.52 Å². The van der Waals surface area contributed by atoms with Gasteiger partial charge >= 0.3 is 0 Å². The van der Waals surface area contributed by atoms with Crippen LogP contribution in [0.5, 0.6) is 0 Å². The van der Waals surface area contributed by atoms with Crippen LogP contribution in [0.4, 0.5) is 5.69 Å². The Morgan fingerprint density at radius 2 is 2.09 bits per heavy atom. The van der Waals surface area contributed by atoms with Crippen molar-refractivity contribution in [3.05, 3.63) is 48.6 Å². The second-order valence-corrected chi connectivity index (χ2v) is 4.66. The quantitative estimate of drug-likeness (QED) is 0.674. The summed E-state index contributed by atoms with van der Waals surface area (Å²) in [7, 11) is 0. The number of nitrogens with one attached hydrogen (secondary N) is 2. The first-order valence-corrected chi connectivity index (χ1v) is 6.97. The van der Waals surface area contributed by atoms with E-state index >= 15 is 0 Å². The molecule has 7 heteroatoms. The van der Waals surface area contributed by atoms with Gasteiger partial charge in [-0.25, -0.2) is 4.98 Å². The van der Waals surface area contributed by atoms with E-state index in [1.54, 1.807) is 30.7 Å². The zero-order valence-electron chi connectivity index (χ0n) is 11.8. The molecule has 0 fully saturated rings.